The molecule has 3 aliphatic heterocycles. The lowest BCUT2D eigenvalue weighted by Crippen LogP contribution is -2.46. The molecule has 15 heavy (non-hydrogen) atoms. The number of piperidine rings is 3. The second-order valence-electron chi connectivity index (χ2n) is 4.69. The Hall–Kier alpha value is -0.480. The van der Waals surface area contributed by atoms with Crippen molar-refractivity contribution in [2.24, 2.45) is 5.92 Å². The lowest BCUT2D eigenvalue weighted by atomic mass is 9.77. The zero-order valence-corrected chi connectivity index (χ0v) is 9.96. The van der Waals surface area contributed by atoms with Crippen molar-refractivity contribution >= 4 is 11.7 Å². The fraction of sp³-hybridized carbons (Fsp3) is 0.818. The van der Waals surface area contributed by atoms with E-state index >= 15 is 0 Å². The van der Waals surface area contributed by atoms with E-state index in [2.05, 4.69) is 20.6 Å². The molecule has 0 spiro atoms. The Bertz CT molecular complexity index is 341. The van der Waals surface area contributed by atoms with Crippen LogP contribution in [0.5, 0.6) is 0 Å². The summed E-state index contributed by atoms with van der Waals surface area (Å²) in [4.78, 5) is 2.59. The third-order valence-electron chi connectivity index (χ3n) is 3.93. The van der Waals surface area contributed by atoms with Gasteiger partial charge in [0.15, 0.2) is 0 Å². The van der Waals surface area contributed by atoms with Gasteiger partial charge in [-0.25, -0.2) is 0 Å². The summed E-state index contributed by atoms with van der Waals surface area (Å²) in [7, 11) is 0. The molecule has 3 fully saturated rings. The molecule has 2 bridgehead atoms. The van der Waals surface area contributed by atoms with Crippen molar-refractivity contribution in [3.05, 3.63) is 11.4 Å². The third-order valence-corrected chi connectivity index (χ3v) is 4.51. The highest BCUT2D eigenvalue weighted by molar-refractivity contribution is 6.99. The first-order valence-corrected chi connectivity index (χ1v) is 6.65. The monoisotopic (exact) mass is 223 g/mol. The molecule has 1 aromatic heterocycles. The number of nitrogens with zero attached hydrogens (tertiary/aromatic N) is 3. The van der Waals surface area contributed by atoms with Crippen molar-refractivity contribution in [2.75, 3.05) is 19.6 Å². The molecule has 1 unspecified atom stereocenters. The number of hydrogen-bond donors (Lipinski definition) is 0. The average Bonchev–Trinajstić information content (AvgIpc) is 2.78. The minimum absolute atomic E-state index is 0.682. The van der Waals surface area contributed by atoms with Crippen molar-refractivity contribution in [2.45, 2.75) is 32.1 Å². The molecule has 0 radical (unpaired) electrons. The maximum atomic E-state index is 4.53. The van der Waals surface area contributed by atoms with E-state index in [-0.39, 0.29) is 0 Å². The molecule has 0 N–H and O–H groups in total. The van der Waals surface area contributed by atoms with Gasteiger partial charge in [0.1, 0.15) is 0 Å². The number of fused-ring (bicyclic) bond motifs is 3. The Labute approximate surface area is 94.8 Å². The summed E-state index contributed by atoms with van der Waals surface area (Å²) in [5.74, 6) is 1.56. The number of aryl methyl sites for hydroxylation is 1. The largest absolute Gasteiger partial charge is 0.303 e. The van der Waals surface area contributed by atoms with Gasteiger partial charge in [-0.1, -0.05) is 6.92 Å². The van der Waals surface area contributed by atoms with Crippen LogP contribution < -0.4 is 0 Å². The van der Waals surface area contributed by atoms with Crippen molar-refractivity contribution in [3.8, 4) is 0 Å². The Balaban J connectivity index is 1.88. The molecular formula is C11H17N3S. The number of aromatic nitrogens is 2. The molecule has 82 valence electrons. The zero-order chi connectivity index (χ0) is 10.3. The fourth-order valence-corrected chi connectivity index (χ4v) is 3.71. The standard InChI is InChI=1S/C11H17N3S/c1-2-10-11(13-15-12-10)9-7-14-5-3-8(9)4-6-14/h8-9H,2-7H2,1H3. The molecule has 3 saturated heterocycles. The smallest absolute Gasteiger partial charge is 0.0821 e. The molecular weight excluding hydrogens is 206 g/mol. The molecule has 0 saturated carbocycles. The predicted octanol–water partition coefficient (Wildman–Crippen LogP) is 1.91. The predicted molar refractivity (Wildman–Crippen MR) is 61.2 cm³/mol. The molecule has 0 aromatic carbocycles. The van der Waals surface area contributed by atoms with Crippen LogP contribution in [0.2, 0.25) is 0 Å². The quantitative estimate of drug-likeness (QED) is 0.767. The minimum atomic E-state index is 0.682. The maximum Gasteiger partial charge on any atom is 0.0821 e. The molecule has 4 rings (SSSR count). The van der Waals surface area contributed by atoms with E-state index in [1.165, 1.54) is 55.6 Å². The Morgan fingerprint density at radius 3 is 2.73 bits per heavy atom. The van der Waals surface area contributed by atoms with Crippen molar-refractivity contribution in [1.82, 2.24) is 13.6 Å². The molecule has 0 amide bonds. The summed E-state index contributed by atoms with van der Waals surface area (Å²) < 4.78 is 8.94. The van der Waals surface area contributed by atoms with Gasteiger partial charge in [0.2, 0.25) is 0 Å². The van der Waals surface area contributed by atoms with Crippen LogP contribution in [0.1, 0.15) is 37.1 Å². The Morgan fingerprint density at radius 2 is 2.13 bits per heavy atom. The van der Waals surface area contributed by atoms with E-state index in [4.69, 9.17) is 0 Å². The first kappa shape index (κ1) is 9.73. The normalized spacial score (nSPS) is 34.6. The topological polar surface area (TPSA) is 29.0 Å². The van der Waals surface area contributed by atoms with Crippen LogP contribution >= 0.6 is 11.7 Å². The van der Waals surface area contributed by atoms with Gasteiger partial charge in [-0.3, -0.25) is 0 Å². The van der Waals surface area contributed by atoms with Gasteiger partial charge in [0.05, 0.1) is 23.1 Å². The molecule has 1 atom stereocenters. The SMILES string of the molecule is CCc1nsnc1C1CN2CCC1CC2. The molecule has 3 aliphatic rings. The molecule has 4 heteroatoms. The fourth-order valence-electron chi connectivity index (χ4n) is 3.02. The van der Waals surface area contributed by atoms with E-state index in [9.17, 15) is 0 Å². The van der Waals surface area contributed by atoms with Crippen LogP contribution in [0.4, 0.5) is 0 Å². The molecule has 4 heterocycles. The van der Waals surface area contributed by atoms with Crippen molar-refractivity contribution < 1.29 is 0 Å². The second kappa shape index (κ2) is 3.83. The van der Waals surface area contributed by atoms with Crippen LogP contribution in [-0.4, -0.2) is 33.3 Å². The van der Waals surface area contributed by atoms with Crippen LogP contribution in [0, 0.1) is 5.92 Å². The highest BCUT2D eigenvalue weighted by Gasteiger charge is 2.37. The van der Waals surface area contributed by atoms with E-state index < -0.39 is 0 Å². The van der Waals surface area contributed by atoms with Crippen LogP contribution in [-0.2, 0) is 6.42 Å². The van der Waals surface area contributed by atoms with Gasteiger partial charge in [0, 0.05) is 12.5 Å². The van der Waals surface area contributed by atoms with Gasteiger partial charge in [-0.2, -0.15) is 8.75 Å². The van der Waals surface area contributed by atoms with Gasteiger partial charge in [-0.15, -0.1) is 0 Å². The van der Waals surface area contributed by atoms with E-state index in [1.54, 1.807) is 0 Å². The minimum Gasteiger partial charge on any atom is -0.303 e. The summed E-state index contributed by atoms with van der Waals surface area (Å²) >= 11 is 1.39. The highest BCUT2D eigenvalue weighted by atomic mass is 32.1. The lowest BCUT2D eigenvalue weighted by molar-refractivity contribution is 0.0854. The highest BCUT2D eigenvalue weighted by Crippen LogP contribution is 2.39. The average molecular weight is 223 g/mol. The van der Waals surface area contributed by atoms with Gasteiger partial charge < -0.3 is 4.90 Å². The van der Waals surface area contributed by atoms with E-state index in [0.717, 1.165) is 12.3 Å². The summed E-state index contributed by atoms with van der Waals surface area (Å²) in [6.07, 6.45) is 3.77. The lowest BCUT2D eigenvalue weighted by Gasteiger charge is -2.44. The van der Waals surface area contributed by atoms with Gasteiger partial charge in [-0.05, 0) is 38.3 Å². The summed E-state index contributed by atoms with van der Waals surface area (Å²) in [6, 6.07) is 0. The Morgan fingerprint density at radius 1 is 1.33 bits per heavy atom. The summed E-state index contributed by atoms with van der Waals surface area (Å²) in [5, 5.41) is 0. The van der Waals surface area contributed by atoms with Gasteiger partial charge >= 0.3 is 0 Å². The molecule has 3 nitrogen and oxygen atoms in total. The zero-order valence-electron chi connectivity index (χ0n) is 9.15. The van der Waals surface area contributed by atoms with E-state index in [1.807, 2.05) is 0 Å². The summed E-state index contributed by atoms with van der Waals surface area (Å²) in [5.41, 5.74) is 2.57. The van der Waals surface area contributed by atoms with Crippen LogP contribution in [0.3, 0.4) is 0 Å². The maximum absolute atomic E-state index is 4.53. The second-order valence-corrected chi connectivity index (χ2v) is 5.22. The van der Waals surface area contributed by atoms with Crippen LogP contribution in [0.15, 0.2) is 0 Å². The first-order chi connectivity index (χ1) is 7.38. The molecule has 1 aromatic rings. The number of hydrogen-bond acceptors (Lipinski definition) is 4. The van der Waals surface area contributed by atoms with Crippen molar-refractivity contribution in [1.29, 1.82) is 0 Å². The van der Waals surface area contributed by atoms with Crippen molar-refractivity contribution in [3.63, 3.8) is 0 Å². The third kappa shape index (κ3) is 1.60. The van der Waals surface area contributed by atoms with E-state index in [0.29, 0.717) is 5.92 Å². The number of rotatable bonds is 2. The van der Waals surface area contributed by atoms with Crippen LogP contribution in [0.25, 0.3) is 0 Å². The summed E-state index contributed by atoms with van der Waals surface area (Å²) in [6.45, 7) is 6.02. The Kier molecular flexibility index (Phi) is 2.48. The van der Waals surface area contributed by atoms with Gasteiger partial charge in [0.25, 0.3) is 0 Å². The first-order valence-electron chi connectivity index (χ1n) is 5.92. The molecule has 0 aliphatic carbocycles.